The molecule has 6 nitrogen and oxygen atoms in total. The van der Waals surface area contributed by atoms with Crippen LogP contribution in [0.5, 0.6) is 0 Å². The Morgan fingerprint density at radius 1 is 1.14 bits per heavy atom. The van der Waals surface area contributed by atoms with E-state index in [-0.39, 0.29) is 11.7 Å². The lowest BCUT2D eigenvalue weighted by Gasteiger charge is -2.40. The lowest BCUT2D eigenvalue weighted by atomic mass is 10.0. The molecular weight excluding hydrogens is 374 g/mol. The van der Waals surface area contributed by atoms with Gasteiger partial charge in [0.1, 0.15) is 5.75 Å². The first kappa shape index (κ1) is 22.8. The van der Waals surface area contributed by atoms with Gasteiger partial charge in [0.15, 0.2) is 9.84 Å². The lowest BCUT2D eigenvalue weighted by molar-refractivity contribution is -0.118. The second-order valence-electron chi connectivity index (χ2n) is 7.73. The summed E-state index contributed by atoms with van der Waals surface area (Å²) >= 11 is 0. The van der Waals surface area contributed by atoms with E-state index in [9.17, 15) is 13.2 Å². The second kappa shape index (κ2) is 11.5. The molecule has 1 aromatic rings. The van der Waals surface area contributed by atoms with Gasteiger partial charge in [0, 0.05) is 38.8 Å². The SMILES string of the molecule is CCCCCS(=O)(=O)CC(=O)NCCCN1CCN(C)CC1c1ccccc1. The summed E-state index contributed by atoms with van der Waals surface area (Å²) in [6.45, 7) is 6.45. The molecule has 0 spiro atoms. The van der Waals surface area contributed by atoms with Gasteiger partial charge in [-0.1, -0.05) is 50.1 Å². The summed E-state index contributed by atoms with van der Waals surface area (Å²) in [4.78, 5) is 16.8. The zero-order valence-corrected chi connectivity index (χ0v) is 18.1. The number of likely N-dealkylation sites (N-methyl/N-ethyl adjacent to an activating group) is 1. The highest BCUT2D eigenvalue weighted by atomic mass is 32.2. The second-order valence-corrected chi connectivity index (χ2v) is 9.91. The van der Waals surface area contributed by atoms with Crippen LogP contribution in [0, 0.1) is 0 Å². The molecule has 1 aliphatic heterocycles. The topological polar surface area (TPSA) is 69.7 Å². The van der Waals surface area contributed by atoms with Crippen molar-refractivity contribution >= 4 is 15.7 Å². The summed E-state index contributed by atoms with van der Waals surface area (Å²) in [6, 6.07) is 10.9. The van der Waals surface area contributed by atoms with Crippen LogP contribution in [-0.2, 0) is 14.6 Å². The highest BCUT2D eigenvalue weighted by Gasteiger charge is 2.26. The molecule has 0 radical (unpaired) electrons. The van der Waals surface area contributed by atoms with E-state index in [1.165, 1.54) is 5.56 Å². The van der Waals surface area contributed by atoms with Crippen LogP contribution < -0.4 is 5.32 Å². The summed E-state index contributed by atoms with van der Waals surface area (Å²) in [5.41, 5.74) is 1.32. The van der Waals surface area contributed by atoms with Crippen molar-refractivity contribution in [2.75, 3.05) is 51.3 Å². The molecule has 1 aromatic carbocycles. The molecule has 0 bridgehead atoms. The van der Waals surface area contributed by atoms with Crippen molar-refractivity contribution < 1.29 is 13.2 Å². The van der Waals surface area contributed by atoms with E-state index in [4.69, 9.17) is 0 Å². The van der Waals surface area contributed by atoms with Crippen molar-refractivity contribution in [3.8, 4) is 0 Å². The standard InChI is InChI=1S/C21H35N3O3S/c1-3-4-8-16-28(26,27)18-21(25)22-12-9-13-24-15-14-23(2)17-20(24)19-10-6-5-7-11-19/h5-7,10-11,20H,3-4,8-9,12-18H2,1-2H3,(H,22,25). The molecule has 1 saturated heterocycles. The normalized spacial score (nSPS) is 18.9. The number of amides is 1. The molecule has 0 saturated carbocycles. The van der Waals surface area contributed by atoms with Gasteiger partial charge in [-0.05, 0) is 25.5 Å². The average molecular weight is 410 g/mol. The summed E-state index contributed by atoms with van der Waals surface area (Å²) in [5.74, 6) is -0.666. The largest absolute Gasteiger partial charge is 0.355 e. The van der Waals surface area contributed by atoms with Gasteiger partial charge in [-0.2, -0.15) is 0 Å². The molecule has 1 fully saturated rings. The molecule has 1 aliphatic rings. The molecule has 1 unspecified atom stereocenters. The Morgan fingerprint density at radius 2 is 1.89 bits per heavy atom. The summed E-state index contributed by atoms with van der Waals surface area (Å²) in [5, 5.41) is 2.78. The van der Waals surface area contributed by atoms with E-state index in [1.807, 2.05) is 13.0 Å². The van der Waals surface area contributed by atoms with E-state index >= 15 is 0 Å². The van der Waals surface area contributed by atoms with Crippen LogP contribution in [0.1, 0.15) is 44.2 Å². The van der Waals surface area contributed by atoms with Crippen LogP contribution >= 0.6 is 0 Å². The Hall–Kier alpha value is -1.44. The van der Waals surface area contributed by atoms with Crippen LogP contribution in [0.4, 0.5) is 0 Å². The molecule has 7 heteroatoms. The highest BCUT2D eigenvalue weighted by molar-refractivity contribution is 7.92. The molecule has 1 N–H and O–H groups in total. The fraction of sp³-hybridized carbons (Fsp3) is 0.667. The van der Waals surface area contributed by atoms with Gasteiger partial charge in [-0.3, -0.25) is 9.69 Å². The van der Waals surface area contributed by atoms with Gasteiger partial charge in [0.2, 0.25) is 5.91 Å². The molecule has 2 rings (SSSR count). The number of piperazine rings is 1. The Kier molecular flexibility index (Phi) is 9.41. The van der Waals surface area contributed by atoms with E-state index in [1.54, 1.807) is 0 Å². The number of carbonyl (C=O) groups excluding carboxylic acids is 1. The number of benzene rings is 1. The summed E-state index contributed by atoms with van der Waals surface area (Å²) < 4.78 is 23.9. The first-order valence-corrected chi connectivity index (χ1v) is 12.2. The minimum atomic E-state index is -3.29. The van der Waals surface area contributed by atoms with E-state index in [2.05, 4.69) is 46.4 Å². The number of unbranched alkanes of at least 4 members (excludes halogenated alkanes) is 2. The zero-order chi connectivity index (χ0) is 20.4. The number of nitrogens with zero attached hydrogens (tertiary/aromatic N) is 2. The van der Waals surface area contributed by atoms with Crippen LogP contribution in [0.15, 0.2) is 30.3 Å². The van der Waals surface area contributed by atoms with E-state index < -0.39 is 15.6 Å². The predicted octanol–water partition coefficient (Wildman–Crippen LogP) is 2.09. The van der Waals surface area contributed by atoms with E-state index in [0.29, 0.717) is 19.0 Å². The Morgan fingerprint density at radius 3 is 2.61 bits per heavy atom. The molecule has 1 amide bonds. The van der Waals surface area contributed by atoms with Crippen molar-refractivity contribution in [3.63, 3.8) is 0 Å². The van der Waals surface area contributed by atoms with Gasteiger partial charge in [0.05, 0.1) is 5.75 Å². The Bertz CT molecular complexity index is 694. The summed E-state index contributed by atoms with van der Waals surface area (Å²) in [7, 11) is -1.14. The zero-order valence-electron chi connectivity index (χ0n) is 17.3. The smallest absolute Gasteiger partial charge is 0.235 e. The molecule has 1 heterocycles. The average Bonchev–Trinajstić information content (AvgIpc) is 2.66. The molecule has 158 valence electrons. The monoisotopic (exact) mass is 409 g/mol. The lowest BCUT2D eigenvalue weighted by Crippen LogP contribution is -2.47. The molecule has 28 heavy (non-hydrogen) atoms. The van der Waals surface area contributed by atoms with Gasteiger partial charge in [-0.15, -0.1) is 0 Å². The van der Waals surface area contributed by atoms with Crippen molar-refractivity contribution in [2.24, 2.45) is 0 Å². The summed E-state index contributed by atoms with van der Waals surface area (Å²) in [6.07, 6.45) is 3.30. The first-order chi connectivity index (χ1) is 13.4. The number of hydrogen-bond acceptors (Lipinski definition) is 5. The number of carbonyl (C=O) groups is 1. The maximum atomic E-state index is 12.0. The first-order valence-electron chi connectivity index (χ1n) is 10.4. The number of nitrogens with one attached hydrogen (secondary N) is 1. The van der Waals surface area contributed by atoms with Gasteiger partial charge in [-0.25, -0.2) is 8.42 Å². The van der Waals surface area contributed by atoms with Crippen LogP contribution in [0.25, 0.3) is 0 Å². The van der Waals surface area contributed by atoms with Gasteiger partial charge in [0.25, 0.3) is 0 Å². The minimum absolute atomic E-state index is 0.105. The van der Waals surface area contributed by atoms with E-state index in [0.717, 1.165) is 45.4 Å². The van der Waals surface area contributed by atoms with Gasteiger partial charge < -0.3 is 10.2 Å². The number of rotatable bonds is 11. The fourth-order valence-corrected chi connectivity index (χ4v) is 4.91. The maximum absolute atomic E-state index is 12.0. The maximum Gasteiger partial charge on any atom is 0.235 e. The van der Waals surface area contributed by atoms with Crippen molar-refractivity contribution in [2.45, 2.75) is 38.6 Å². The van der Waals surface area contributed by atoms with Crippen molar-refractivity contribution in [1.82, 2.24) is 15.1 Å². The Balaban J connectivity index is 1.75. The number of sulfone groups is 1. The van der Waals surface area contributed by atoms with Crippen LogP contribution in [0.3, 0.4) is 0 Å². The fourth-order valence-electron chi connectivity index (χ4n) is 3.62. The van der Waals surface area contributed by atoms with Crippen molar-refractivity contribution in [3.05, 3.63) is 35.9 Å². The van der Waals surface area contributed by atoms with Crippen molar-refractivity contribution in [1.29, 1.82) is 0 Å². The molecule has 1 atom stereocenters. The highest BCUT2D eigenvalue weighted by Crippen LogP contribution is 2.24. The number of hydrogen-bond donors (Lipinski definition) is 1. The molecule has 0 aliphatic carbocycles. The predicted molar refractivity (Wildman–Crippen MR) is 114 cm³/mol. The van der Waals surface area contributed by atoms with Crippen LogP contribution in [0.2, 0.25) is 0 Å². The molecular formula is C21H35N3O3S. The molecule has 0 aromatic heterocycles. The quantitative estimate of drug-likeness (QED) is 0.567. The third-order valence-corrected chi connectivity index (χ3v) is 6.85. The third-order valence-electron chi connectivity index (χ3n) is 5.23. The van der Waals surface area contributed by atoms with Gasteiger partial charge >= 0.3 is 0 Å². The van der Waals surface area contributed by atoms with Crippen LogP contribution in [-0.4, -0.2) is 75.4 Å². The minimum Gasteiger partial charge on any atom is -0.355 e. The Labute approximate surface area is 170 Å². The third kappa shape index (κ3) is 7.89.